The monoisotopic (exact) mass is 308 g/mol. The summed E-state index contributed by atoms with van der Waals surface area (Å²) < 4.78 is 13.5. The normalized spacial score (nSPS) is 12.6. The highest BCUT2D eigenvalue weighted by Crippen LogP contribution is 2.30. The topological polar surface area (TPSA) is 17.1 Å². The van der Waals surface area contributed by atoms with Crippen LogP contribution in [0.2, 0.25) is 0 Å². The Balaban J connectivity index is 3.12. The lowest BCUT2D eigenvalue weighted by atomic mass is 10.1. The third-order valence-electron chi connectivity index (χ3n) is 1.59. The van der Waals surface area contributed by atoms with E-state index in [1.807, 2.05) is 0 Å². The van der Waals surface area contributed by atoms with Crippen molar-refractivity contribution in [1.82, 2.24) is 0 Å². The van der Waals surface area contributed by atoms with Crippen LogP contribution in [0.25, 0.3) is 0 Å². The van der Waals surface area contributed by atoms with Gasteiger partial charge in [-0.25, -0.2) is 4.39 Å². The number of hydrogen-bond acceptors (Lipinski definition) is 1. The molecule has 1 aromatic rings. The van der Waals surface area contributed by atoms with Gasteiger partial charge in [0.25, 0.3) is 0 Å². The van der Waals surface area contributed by atoms with Crippen molar-refractivity contribution in [2.75, 3.05) is 0 Å². The zero-order valence-electron chi connectivity index (χ0n) is 6.85. The number of rotatable bonds is 2. The summed E-state index contributed by atoms with van der Waals surface area (Å²) in [4.78, 5) is 10.6. The van der Waals surface area contributed by atoms with E-state index in [4.69, 9.17) is 0 Å². The van der Waals surface area contributed by atoms with E-state index in [0.29, 0.717) is 5.56 Å². The maximum atomic E-state index is 12.8. The summed E-state index contributed by atoms with van der Waals surface area (Å²) in [5.74, 6) is -0.393. The SMILES string of the molecule is CC(=O)C(Br)c1cc(F)ccc1Br. The molecule has 4 heteroatoms. The smallest absolute Gasteiger partial charge is 0.147 e. The molecule has 1 unspecified atom stereocenters. The summed E-state index contributed by atoms with van der Waals surface area (Å²) in [7, 11) is 0. The Kier molecular flexibility index (Phi) is 3.62. The summed E-state index contributed by atoms with van der Waals surface area (Å²) >= 11 is 6.44. The Morgan fingerprint density at radius 2 is 2.15 bits per heavy atom. The highest BCUT2D eigenvalue weighted by Gasteiger charge is 2.15. The molecule has 0 aliphatic heterocycles. The predicted molar refractivity (Wildman–Crippen MR) is 56.4 cm³/mol. The Morgan fingerprint density at radius 3 is 2.69 bits per heavy atom. The molecule has 1 rings (SSSR count). The molecule has 0 amide bonds. The Morgan fingerprint density at radius 1 is 1.54 bits per heavy atom. The lowest BCUT2D eigenvalue weighted by Crippen LogP contribution is -2.02. The van der Waals surface area contributed by atoms with Crippen molar-refractivity contribution in [1.29, 1.82) is 0 Å². The highest BCUT2D eigenvalue weighted by atomic mass is 79.9. The van der Waals surface area contributed by atoms with Gasteiger partial charge in [0.15, 0.2) is 0 Å². The Hall–Kier alpha value is -0.220. The molecule has 0 aliphatic carbocycles. The first-order valence-electron chi connectivity index (χ1n) is 3.62. The molecule has 0 heterocycles. The van der Waals surface area contributed by atoms with E-state index in [0.717, 1.165) is 4.47 Å². The molecule has 0 bridgehead atoms. The molecular formula is C9H7Br2FO. The molecule has 1 nitrogen and oxygen atoms in total. The maximum Gasteiger partial charge on any atom is 0.147 e. The first-order chi connectivity index (χ1) is 6.02. The van der Waals surface area contributed by atoms with Crippen molar-refractivity contribution in [2.45, 2.75) is 11.8 Å². The average molecular weight is 310 g/mol. The minimum absolute atomic E-state index is 0.0497. The van der Waals surface area contributed by atoms with Crippen LogP contribution in [-0.2, 0) is 4.79 Å². The van der Waals surface area contributed by atoms with E-state index in [9.17, 15) is 9.18 Å². The van der Waals surface area contributed by atoms with Gasteiger partial charge < -0.3 is 0 Å². The number of carbonyl (C=O) groups is 1. The highest BCUT2D eigenvalue weighted by molar-refractivity contribution is 9.11. The fraction of sp³-hybridized carbons (Fsp3) is 0.222. The largest absolute Gasteiger partial charge is 0.298 e. The summed E-state index contributed by atoms with van der Waals surface area (Å²) in [6, 6.07) is 4.26. The van der Waals surface area contributed by atoms with Gasteiger partial charge in [-0.05, 0) is 30.7 Å². The molecule has 0 radical (unpaired) electrons. The molecule has 0 aromatic heterocycles. The summed E-state index contributed by atoms with van der Waals surface area (Å²) in [6.07, 6.45) is 0. The second-order valence-electron chi connectivity index (χ2n) is 2.64. The fourth-order valence-electron chi connectivity index (χ4n) is 0.928. The van der Waals surface area contributed by atoms with Crippen molar-refractivity contribution >= 4 is 37.6 Å². The Labute approximate surface area is 92.6 Å². The van der Waals surface area contributed by atoms with Gasteiger partial charge in [0.1, 0.15) is 11.6 Å². The zero-order chi connectivity index (χ0) is 10.0. The van der Waals surface area contributed by atoms with Crippen LogP contribution in [0.1, 0.15) is 17.3 Å². The lowest BCUT2D eigenvalue weighted by molar-refractivity contribution is -0.116. The third-order valence-corrected chi connectivity index (χ3v) is 3.45. The number of Topliss-reactive ketones (excluding diaryl/α,β-unsaturated/α-hetero) is 1. The van der Waals surface area contributed by atoms with Gasteiger partial charge in [0, 0.05) is 4.47 Å². The molecule has 0 N–H and O–H groups in total. The van der Waals surface area contributed by atoms with Gasteiger partial charge in [-0.1, -0.05) is 31.9 Å². The van der Waals surface area contributed by atoms with Crippen LogP contribution in [0.3, 0.4) is 0 Å². The van der Waals surface area contributed by atoms with E-state index in [-0.39, 0.29) is 11.6 Å². The lowest BCUT2D eigenvalue weighted by Gasteiger charge is -2.08. The third kappa shape index (κ3) is 2.61. The van der Waals surface area contributed by atoms with Gasteiger partial charge in [-0.15, -0.1) is 0 Å². The van der Waals surface area contributed by atoms with E-state index in [2.05, 4.69) is 31.9 Å². The van der Waals surface area contributed by atoms with Crippen LogP contribution in [0, 0.1) is 5.82 Å². The van der Waals surface area contributed by atoms with E-state index < -0.39 is 4.83 Å². The molecule has 13 heavy (non-hydrogen) atoms. The van der Waals surface area contributed by atoms with Gasteiger partial charge in [-0.2, -0.15) is 0 Å². The van der Waals surface area contributed by atoms with E-state index in [1.54, 1.807) is 6.07 Å². The van der Waals surface area contributed by atoms with Crippen molar-refractivity contribution < 1.29 is 9.18 Å². The number of ketones is 1. The van der Waals surface area contributed by atoms with Gasteiger partial charge in [-0.3, -0.25) is 4.79 Å². The van der Waals surface area contributed by atoms with Gasteiger partial charge >= 0.3 is 0 Å². The molecule has 1 atom stereocenters. The van der Waals surface area contributed by atoms with Crippen LogP contribution in [0.15, 0.2) is 22.7 Å². The minimum atomic E-state index is -0.447. The van der Waals surface area contributed by atoms with E-state index in [1.165, 1.54) is 19.1 Å². The molecule has 1 aromatic carbocycles. The van der Waals surface area contributed by atoms with Crippen LogP contribution < -0.4 is 0 Å². The molecule has 0 saturated carbocycles. The molecule has 0 fully saturated rings. The average Bonchev–Trinajstić information content (AvgIpc) is 2.08. The quantitative estimate of drug-likeness (QED) is 0.763. The van der Waals surface area contributed by atoms with Gasteiger partial charge in [0.05, 0.1) is 4.83 Å². The second-order valence-corrected chi connectivity index (χ2v) is 4.41. The van der Waals surface area contributed by atoms with Crippen LogP contribution in [0.5, 0.6) is 0 Å². The number of halogens is 3. The molecule has 0 spiro atoms. The van der Waals surface area contributed by atoms with Crippen molar-refractivity contribution in [3.63, 3.8) is 0 Å². The van der Waals surface area contributed by atoms with E-state index >= 15 is 0 Å². The standard InChI is InChI=1S/C9H7Br2FO/c1-5(13)9(11)7-4-6(12)2-3-8(7)10/h2-4,9H,1H3. The number of benzene rings is 1. The Bertz CT molecular complexity index is 338. The molecule has 0 aliphatic rings. The molecule has 70 valence electrons. The molecule has 0 saturated heterocycles. The summed E-state index contributed by atoms with van der Waals surface area (Å²) in [5.41, 5.74) is 0.618. The van der Waals surface area contributed by atoms with Crippen molar-refractivity contribution in [3.8, 4) is 0 Å². The molecular weight excluding hydrogens is 303 g/mol. The summed E-state index contributed by atoms with van der Waals surface area (Å²) in [5, 5.41) is 0. The van der Waals surface area contributed by atoms with Gasteiger partial charge in [0.2, 0.25) is 0 Å². The number of hydrogen-bond donors (Lipinski definition) is 0. The zero-order valence-corrected chi connectivity index (χ0v) is 10.0. The predicted octanol–water partition coefficient (Wildman–Crippen LogP) is 3.61. The number of carbonyl (C=O) groups excluding carboxylic acids is 1. The maximum absolute atomic E-state index is 12.8. The number of alkyl halides is 1. The second kappa shape index (κ2) is 4.33. The van der Waals surface area contributed by atoms with Crippen molar-refractivity contribution in [2.24, 2.45) is 0 Å². The minimum Gasteiger partial charge on any atom is -0.298 e. The van der Waals surface area contributed by atoms with Crippen molar-refractivity contribution in [3.05, 3.63) is 34.1 Å². The van der Waals surface area contributed by atoms with Crippen LogP contribution >= 0.6 is 31.9 Å². The van der Waals surface area contributed by atoms with Crippen LogP contribution in [-0.4, -0.2) is 5.78 Å². The first-order valence-corrected chi connectivity index (χ1v) is 5.32. The summed E-state index contributed by atoms with van der Waals surface area (Å²) in [6.45, 7) is 1.46. The first kappa shape index (κ1) is 10.9. The van der Waals surface area contributed by atoms with Crippen LogP contribution in [0.4, 0.5) is 4.39 Å². The fourth-order valence-corrected chi connectivity index (χ4v) is 2.09.